The molecule has 2 fully saturated rings. The monoisotopic (exact) mass is 195 g/mol. The lowest BCUT2D eigenvalue weighted by Gasteiger charge is -2.45. The molecule has 1 saturated heterocycles. The number of hydrogen-bond acceptors (Lipinski definition) is 1. The predicted octanol–water partition coefficient (Wildman–Crippen LogP) is 3.20. The highest BCUT2D eigenvalue weighted by atomic mass is 14.9. The van der Waals surface area contributed by atoms with Gasteiger partial charge in [0, 0.05) is 0 Å². The van der Waals surface area contributed by atoms with Crippen LogP contribution in [0.5, 0.6) is 0 Å². The first-order chi connectivity index (χ1) is 6.74. The van der Waals surface area contributed by atoms with Gasteiger partial charge in [0.1, 0.15) is 0 Å². The van der Waals surface area contributed by atoms with Crippen LogP contribution in [0.4, 0.5) is 0 Å². The van der Waals surface area contributed by atoms with Gasteiger partial charge >= 0.3 is 0 Å². The molecule has 0 aromatic rings. The highest BCUT2D eigenvalue weighted by molar-refractivity contribution is 4.90. The molecular formula is C13H25N. The van der Waals surface area contributed by atoms with Gasteiger partial charge in [-0.25, -0.2) is 0 Å². The van der Waals surface area contributed by atoms with Crippen LogP contribution in [0.3, 0.4) is 0 Å². The van der Waals surface area contributed by atoms with Crippen LogP contribution in [0.25, 0.3) is 0 Å². The fraction of sp³-hybridized carbons (Fsp3) is 1.00. The Morgan fingerprint density at radius 2 is 2.14 bits per heavy atom. The van der Waals surface area contributed by atoms with Gasteiger partial charge in [0.2, 0.25) is 0 Å². The molecule has 82 valence electrons. The SMILES string of the molecule is CCC1CNCCC1(C)CC1CCC1. The topological polar surface area (TPSA) is 12.0 Å². The molecule has 2 aliphatic rings. The summed E-state index contributed by atoms with van der Waals surface area (Å²) < 4.78 is 0. The van der Waals surface area contributed by atoms with Gasteiger partial charge in [0.05, 0.1) is 0 Å². The molecule has 1 aliphatic carbocycles. The summed E-state index contributed by atoms with van der Waals surface area (Å²) in [7, 11) is 0. The van der Waals surface area contributed by atoms with Crippen molar-refractivity contribution in [2.24, 2.45) is 17.3 Å². The summed E-state index contributed by atoms with van der Waals surface area (Å²) in [4.78, 5) is 0. The Morgan fingerprint density at radius 3 is 2.71 bits per heavy atom. The minimum atomic E-state index is 0.658. The predicted molar refractivity (Wildman–Crippen MR) is 61.3 cm³/mol. The number of rotatable bonds is 3. The number of hydrogen-bond donors (Lipinski definition) is 1. The summed E-state index contributed by atoms with van der Waals surface area (Å²) in [5, 5.41) is 3.55. The van der Waals surface area contributed by atoms with Crippen LogP contribution in [0.15, 0.2) is 0 Å². The zero-order chi connectivity index (χ0) is 10.0. The quantitative estimate of drug-likeness (QED) is 0.729. The maximum atomic E-state index is 3.55. The van der Waals surface area contributed by atoms with E-state index in [9.17, 15) is 0 Å². The molecule has 1 heterocycles. The lowest BCUT2D eigenvalue weighted by molar-refractivity contribution is 0.0701. The van der Waals surface area contributed by atoms with Crippen molar-refractivity contribution in [3.8, 4) is 0 Å². The zero-order valence-electron chi connectivity index (χ0n) is 9.81. The number of nitrogens with one attached hydrogen (secondary N) is 1. The Kier molecular flexibility index (Phi) is 3.16. The van der Waals surface area contributed by atoms with Gasteiger partial charge in [0.25, 0.3) is 0 Å². The maximum absolute atomic E-state index is 3.55. The molecule has 0 amide bonds. The summed E-state index contributed by atoms with van der Waals surface area (Å²) in [6.45, 7) is 7.41. The fourth-order valence-corrected chi connectivity index (χ4v) is 3.36. The minimum absolute atomic E-state index is 0.658. The lowest BCUT2D eigenvalue weighted by atomic mass is 9.63. The van der Waals surface area contributed by atoms with Gasteiger partial charge in [-0.15, -0.1) is 0 Å². The van der Waals surface area contributed by atoms with Gasteiger partial charge in [0.15, 0.2) is 0 Å². The van der Waals surface area contributed by atoms with Crippen LogP contribution in [0, 0.1) is 17.3 Å². The van der Waals surface area contributed by atoms with Crippen LogP contribution >= 0.6 is 0 Å². The Bertz CT molecular complexity index is 186. The lowest BCUT2D eigenvalue weighted by Crippen LogP contribution is -2.44. The Hall–Kier alpha value is -0.0400. The molecular weight excluding hydrogens is 170 g/mol. The Morgan fingerprint density at radius 1 is 1.36 bits per heavy atom. The molecule has 1 nitrogen and oxygen atoms in total. The highest BCUT2D eigenvalue weighted by Crippen LogP contribution is 2.45. The Labute approximate surface area is 88.7 Å². The van der Waals surface area contributed by atoms with Crippen molar-refractivity contribution >= 4 is 0 Å². The van der Waals surface area contributed by atoms with E-state index in [2.05, 4.69) is 19.2 Å². The number of piperidine rings is 1. The summed E-state index contributed by atoms with van der Waals surface area (Å²) >= 11 is 0. The van der Waals surface area contributed by atoms with E-state index < -0.39 is 0 Å². The smallest absolute Gasteiger partial charge is 0.00154 e. The third-order valence-corrected chi connectivity index (χ3v) is 4.72. The van der Waals surface area contributed by atoms with Crippen molar-refractivity contribution in [1.82, 2.24) is 5.32 Å². The Balaban J connectivity index is 1.94. The third-order valence-electron chi connectivity index (χ3n) is 4.72. The zero-order valence-corrected chi connectivity index (χ0v) is 9.81. The second-order valence-corrected chi connectivity index (χ2v) is 5.71. The van der Waals surface area contributed by atoms with Gasteiger partial charge in [-0.05, 0) is 43.2 Å². The van der Waals surface area contributed by atoms with Crippen molar-refractivity contribution in [3.63, 3.8) is 0 Å². The normalized spacial score (nSPS) is 39.4. The molecule has 1 aliphatic heterocycles. The van der Waals surface area contributed by atoms with E-state index in [1.807, 2.05) is 0 Å². The highest BCUT2D eigenvalue weighted by Gasteiger charge is 2.38. The second-order valence-electron chi connectivity index (χ2n) is 5.71. The van der Waals surface area contributed by atoms with Gasteiger partial charge in [-0.2, -0.15) is 0 Å². The first-order valence-electron chi connectivity index (χ1n) is 6.45. The molecule has 2 atom stereocenters. The molecule has 0 aromatic heterocycles. The van der Waals surface area contributed by atoms with Gasteiger partial charge in [-0.3, -0.25) is 0 Å². The third kappa shape index (κ3) is 1.98. The van der Waals surface area contributed by atoms with Crippen LogP contribution in [0.2, 0.25) is 0 Å². The minimum Gasteiger partial charge on any atom is -0.316 e. The van der Waals surface area contributed by atoms with Crippen LogP contribution in [0.1, 0.15) is 52.4 Å². The summed E-state index contributed by atoms with van der Waals surface area (Å²) in [6.07, 6.45) is 8.79. The molecule has 1 saturated carbocycles. The first-order valence-corrected chi connectivity index (χ1v) is 6.45. The molecule has 1 heteroatoms. The van der Waals surface area contributed by atoms with E-state index in [1.165, 1.54) is 51.6 Å². The summed E-state index contributed by atoms with van der Waals surface area (Å²) in [5.41, 5.74) is 0.658. The van der Waals surface area contributed by atoms with Crippen LogP contribution in [-0.4, -0.2) is 13.1 Å². The molecule has 2 unspecified atom stereocenters. The van der Waals surface area contributed by atoms with E-state index >= 15 is 0 Å². The molecule has 0 radical (unpaired) electrons. The van der Waals surface area contributed by atoms with Crippen molar-refractivity contribution in [2.75, 3.05) is 13.1 Å². The fourth-order valence-electron chi connectivity index (χ4n) is 3.36. The standard InChI is InChI=1S/C13H25N/c1-3-12-10-14-8-7-13(12,2)9-11-5-4-6-11/h11-12,14H,3-10H2,1-2H3. The van der Waals surface area contributed by atoms with Crippen LogP contribution in [-0.2, 0) is 0 Å². The summed E-state index contributed by atoms with van der Waals surface area (Å²) in [6, 6.07) is 0. The second kappa shape index (κ2) is 4.22. The maximum Gasteiger partial charge on any atom is -0.00154 e. The summed E-state index contributed by atoms with van der Waals surface area (Å²) in [5.74, 6) is 2.00. The van der Waals surface area contributed by atoms with E-state index in [0.717, 1.165) is 11.8 Å². The van der Waals surface area contributed by atoms with Crippen molar-refractivity contribution in [3.05, 3.63) is 0 Å². The largest absolute Gasteiger partial charge is 0.316 e. The van der Waals surface area contributed by atoms with Gasteiger partial charge in [-0.1, -0.05) is 39.5 Å². The van der Waals surface area contributed by atoms with Crippen LogP contribution < -0.4 is 5.32 Å². The average molecular weight is 195 g/mol. The molecule has 2 rings (SSSR count). The van der Waals surface area contributed by atoms with E-state index in [-0.39, 0.29) is 0 Å². The molecule has 0 bridgehead atoms. The first kappa shape index (κ1) is 10.5. The van der Waals surface area contributed by atoms with Crippen molar-refractivity contribution in [1.29, 1.82) is 0 Å². The molecule has 1 N–H and O–H groups in total. The van der Waals surface area contributed by atoms with E-state index in [0.29, 0.717) is 5.41 Å². The molecule has 0 spiro atoms. The van der Waals surface area contributed by atoms with Crippen molar-refractivity contribution < 1.29 is 0 Å². The molecule has 14 heavy (non-hydrogen) atoms. The molecule has 0 aromatic carbocycles. The van der Waals surface area contributed by atoms with Crippen molar-refractivity contribution in [2.45, 2.75) is 52.4 Å². The van der Waals surface area contributed by atoms with E-state index in [4.69, 9.17) is 0 Å². The van der Waals surface area contributed by atoms with Gasteiger partial charge < -0.3 is 5.32 Å². The average Bonchev–Trinajstić information content (AvgIpc) is 2.13. The van der Waals surface area contributed by atoms with E-state index in [1.54, 1.807) is 0 Å².